The molecular weight excluding hydrogens is 338 g/mol. The summed E-state index contributed by atoms with van der Waals surface area (Å²) < 4.78 is 26.5. The summed E-state index contributed by atoms with van der Waals surface area (Å²) in [4.78, 5) is 16.3. The van der Waals surface area contributed by atoms with Crippen LogP contribution in [0.25, 0.3) is 0 Å². The third-order valence-electron chi connectivity index (χ3n) is 4.40. The lowest BCUT2D eigenvalue weighted by Crippen LogP contribution is -2.48. The van der Waals surface area contributed by atoms with Gasteiger partial charge < -0.3 is 15.5 Å². The van der Waals surface area contributed by atoms with Gasteiger partial charge >= 0.3 is 6.03 Å². The highest BCUT2D eigenvalue weighted by atomic mass is 19.1. The Hall–Kier alpha value is -2.67. The zero-order valence-corrected chi connectivity index (χ0v) is 14.4. The fourth-order valence-electron chi connectivity index (χ4n) is 2.94. The minimum absolute atomic E-state index is 0.165. The van der Waals surface area contributed by atoms with Gasteiger partial charge in [-0.2, -0.15) is 0 Å². The number of benzene rings is 2. The number of hydrogen-bond donors (Lipinski definition) is 2. The molecule has 0 aliphatic carbocycles. The van der Waals surface area contributed by atoms with Crippen LogP contribution in [0.2, 0.25) is 0 Å². The van der Waals surface area contributed by atoms with E-state index in [1.54, 1.807) is 24.3 Å². The van der Waals surface area contributed by atoms with Crippen LogP contribution in [0.15, 0.2) is 48.5 Å². The summed E-state index contributed by atoms with van der Waals surface area (Å²) in [6, 6.07) is 12.2. The quantitative estimate of drug-likeness (QED) is 0.862. The second-order valence-corrected chi connectivity index (χ2v) is 6.17. The lowest BCUT2D eigenvalue weighted by Gasteiger charge is -2.36. The molecule has 138 valence electrons. The van der Waals surface area contributed by atoms with Gasteiger partial charge in [-0.05, 0) is 36.4 Å². The number of para-hydroxylation sites is 1. The van der Waals surface area contributed by atoms with E-state index < -0.39 is 11.8 Å². The molecule has 1 fully saturated rings. The van der Waals surface area contributed by atoms with Crippen molar-refractivity contribution in [2.45, 2.75) is 0 Å². The van der Waals surface area contributed by atoms with Gasteiger partial charge in [-0.15, -0.1) is 0 Å². The Bertz CT molecular complexity index is 731. The number of piperazine rings is 1. The van der Waals surface area contributed by atoms with Gasteiger partial charge in [-0.1, -0.05) is 12.1 Å². The van der Waals surface area contributed by atoms with Gasteiger partial charge in [0.25, 0.3) is 0 Å². The van der Waals surface area contributed by atoms with Crippen molar-refractivity contribution in [1.29, 1.82) is 0 Å². The molecule has 0 unspecified atom stereocenters. The Kier molecular flexibility index (Phi) is 6.01. The summed E-state index contributed by atoms with van der Waals surface area (Å²) >= 11 is 0. The Morgan fingerprint density at radius 1 is 0.962 bits per heavy atom. The average molecular weight is 360 g/mol. The molecule has 1 saturated heterocycles. The van der Waals surface area contributed by atoms with Crippen molar-refractivity contribution in [1.82, 2.24) is 10.2 Å². The van der Waals surface area contributed by atoms with E-state index in [0.717, 1.165) is 38.4 Å². The van der Waals surface area contributed by atoms with Gasteiger partial charge in [0.1, 0.15) is 11.6 Å². The van der Waals surface area contributed by atoms with Crippen LogP contribution in [-0.4, -0.2) is 50.2 Å². The summed E-state index contributed by atoms with van der Waals surface area (Å²) in [5, 5.41) is 5.24. The molecule has 2 aromatic carbocycles. The number of rotatable bonds is 5. The lowest BCUT2D eigenvalue weighted by molar-refractivity contribution is 0.240. The molecule has 2 N–H and O–H groups in total. The van der Waals surface area contributed by atoms with E-state index in [0.29, 0.717) is 6.54 Å². The third kappa shape index (κ3) is 4.92. The van der Waals surface area contributed by atoms with Crippen LogP contribution < -0.4 is 15.5 Å². The SMILES string of the molecule is O=C(NCCN1CCN(c2ccc(F)cc2)CC1)Nc1ccccc1F. The highest BCUT2D eigenvalue weighted by molar-refractivity contribution is 5.89. The Morgan fingerprint density at radius 2 is 1.65 bits per heavy atom. The molecule has 1 aliphatic rings. The molecule has 0 atom stereocenters. The fraction of sp³-hybridized carbons (Fsp3) is 0.316. The maximum absolute atomic E-state index is 13.5. The second-order valence-electron chi connectivity index (χ2n) is 6.17. The van der Waals surface area contributed by atoms with E-state index in [1.165, 1.54) is 24.3 Å². The van der Waals surface area contributed by atoms with E-state index >= 15 is 0 Å². The smallest absolute Gasteiger partial charge is 0.319 e. The normalized spacial score (nSPS) is 14.9. The van der Waals surface area contributed by atoms with E-state index in [-0.39, 0.29) is 11.5 Å². The van der Waals surface area contributed by atoms with Crippen molar-refractivity contribution in [3.05, 3.63) is 60.2 Å². The van der Waals surface area contributed by atoms with Crippen LogP contribution in [0.5, 0.6) is 0 Å². The molecule has 1 heterocycles. The van der Waals surface area contributed by atoms with Gasteiger partial charge in [0.05, 0.1) is 5.69 Å². The number of nitrogens with one attached hydrogen (secondary N) is 2. The fourth-order valence-corrected chi connectivity index (χ4v) is 2.94. The predicted octanol–water partition coefficient (Wildman–Crippen LogP) is 2.91. The van der Waals surface area contributed by atoms with E-state index in [9.17, 15) is 13.6 Å². The molecule has 7 heteroatoms. The summed E-state index contributed by atoms with van der Waals surface area (Å²) in [6.07, 6.45) is 0. The Morgan fingerprint density at radius 3 is 2.35 bits per heavy atom. The molecule has 0 saturated carbocycles. The molecular formula is C19H22F2N4O. The minimum atomic E-state index is -0.459. The van der Waals surface area contributed by atoms with Gasteiger partial charge in [0, 0.05) is 45.0 Å². The zero-order chi connectivity index (χ0) is 18.4. The zero-order valence-electron chi connectivity index (χ0n) is 14.4. The lowest BCUT2D eigenvalue weighted by atomic mass is 10.2. The molecule has 2 amide bonds. The first-order valence-electron chi connectivity index (χ1n) is 8.64. The largest absolute Gasteiger partial charge is 0.369 e. The second kappa shape index (κ2) is 8.62. The van der Waals surface area contributed by atoms with Crippen LogP contribution in [0, 0.1) is 11.6 Å². The Balaban J connectivity index is 1.37. The first kappa shape index (κ1) is 18.1. The minimum Gasteiger partial charge on any atom is -0.369 e. The number of carbonyl (C=O) groups is 1. The van der Waals surface area contributed by atoms with Crippen LogP contribution in [0.4, 0.5) is 25.0 Å². The van der Waals surface area contributed by atoms with Crippen molar-refractivity contribution in [3.8, 4) is 0 Å². The Labute approximate surface area is 151 Å². The van der Waals surface area contributed by atoms with Crippen molar-refractivity contribution in [2.24, 2.45) is 0 Å². The molecule has 26 heavy (non-hydrogen) atoms. The number of carbonyl (C=O) groups excluding carboxylic acids is 1. The first-order chi connectivity index (χ1) is 12.6. The third-order valence-corrected chi connectivity index (χ3v) is 4.40. The molecule has 5 nitrogen and oxygen atoms in total. The topological polar surface area (TPSA) is 47.6 Å². The number of halogens is 2. The molecule has 0 bridgehead atoms. The summed E-state index contributed by atoms with van der Waals surface area (Å²) in [5.74, 6) is -0.688. The van der Waals surface area contributed by atoms with Gasteiger partial charge in [0.15, 0.2) is 0 Å². The van der Waals surface area contributed by atoms with Crippen LogP contribution in [-0.2, 0) is 0 Å². The van der Waals surface area contributed by atoms with Gasteiger partial charge in [-0.3, -0.25) is 4.90 Å². The van der Waals surface area contributed by atoms with Crippen molar-refractivity contribution < 1.29 is 13.6 Å². The standard InChI is InChI=1S/C19H22F2N4O/c20-15-5-7-16(8-6-15)25-13-11-24(12-14-25)10-9-22-19(26)23-18-4-2-1-3-17(18)21/h1-8H,9-14H2,(H2,22,23,26). The average Bonchev–Trinajstić information content (AvgIpc) is 2.65. The molecule has 0 aromatic heterocycles. The summed E-state index contributed by atoms with van der Waals surface area (Å²) in [5.41, 5.74) is 1.19. The van der Waals surface area contributed by atoms with Crippen LogP contribution >= 0.6 is 0 Å². The molecule has 3 rings (SSSR count). The number of hydrogen-bond acceptors (Lipinski definition) is 3. The number of anilines is 2. The molecule has 0 radical (unpaired) electrons. The maximum Gasteiger partial charge on any atom is 0.319 e. The van der Waals surface area contributed by atoms with E-state index in [1.807, 2.05) is 0 Å². The summed E-state index contributed by atoms with van der Waals surface area (Å²) in [6.45, 7) is 4.65. The summed E-state index contributed by atoms with van der Waals surface area (Å²) in [7, 11) is 0. The molecule has 1 aliphatic heterocycles. The van der Waals surface area contributed by atoms with E-state index in [2.05, 4.69) is 20.4 Å². The highest BCUT2D eigenvalue weighted by Gasteiger charge is 2.17. The molecule has 0 spiro atoms. The van der Waals surface area contributed by atoms with Crippen molar-refractivity contribution in [2.75, 3.05) is 49.5 Å². The molecule has 2 aromatic rings. The predicted molar refractivity (Wildman–Crippen MR) is 98.5 cm³/mol. The highest BCUT2D eigenvalue weighted by Crippen LogP contribution is 2.16. The maximum atomic E-state index is 13.5. The van der Waals surface area contributed by atoms with Crippen LogP contribution in [0.1, 0.15) is 0 Å². The van der Waals surface area contributed by atoms with E-state index in [4.69, 9.17) is 0 Å². The van der Waals surface area contributed by atoms with Gasteiger partial charge in [-0.25, -0.2) is 13.6 Å². The number of amides is 2. The first-order valence-corrected chi connectivity index (χ1v) is 8.64. The van der Waals surface area contributed by atoms with Crippen LogP contribution in [0.3, 0.4) is 0 Å². The van der Waals surface area contributed by atoms with Crippen molar-refractivity contribution >= 4 is 17.4 Å². The number of urea groups is 1. The van der Waals surface area contributed by atoms with Gasteiger partial charge in [0.2, 0.25) is 0 Å². The van der Waals surface area contributed by atoms with Crippen molar-refractivity contribution in [3.63, 3.8) is 0 Å². The number of nitrogens with zero attached hydrogens (tertiary/aromatic N) is 2. The monoisotopic (exact) mass is 360 g/mol.